The van der Waals surface area contributed by atoms with Crippen LogP contribution in [0.2, 0.25) is 0 Å². The van der Waals surface area contributed by atoms with E-state index in [1.54, 1.807) is 0 Å². The normalized spacial score (nSPS) is 47.9. The Kier molecular flexibility index (Phi) is 2.40. The molecule has 1 rings (SSSR count). The molecule has 1 aliphatic heterocycles. The minimum Gasteiger partial charge on any atom is -0.384 e. The zero-order valence-corrected chi connectivity index (χ0v) is 7.00. The van der Waals surface area contributed by atoms with Crippen LogP contribution < -0.4 is 0 Å². The molecule has 1 heterocycles. The lowest BCUT2D eigenvalue weighted by Crippen LogP contribution is -2.15. The first kappa shape index (κ1) is 8.12. The summed E-state index contributed by atoms with van der Waals surface area (Å²) in [4.78, 5) is 0. The molecule has 0 spiro atoms. The molecule has 1 nitrogen and oxygen atoms in total. The fourth-order valence-corrected chi connectivity index (χ4v) is 1.56. The van der Waals surface area contributed by atoms with Crippen LogP contribution in [0.3, 0.4) is 0 Å². The lowest BCUT2D eigenvalue weighted by molar-refractivity contribution is 0.0698. The van der Waals surface area contributed by atoms with E-state index in [1.165, 1.54) is 0 Å². The summed E-state index contributed by atoms with van der Waals surface area (Å²) in [5.74, 6) is 1.14. The molecular formula is C8H15BO. The van der Waals surface area contributed by atoms with Crippen LogP contribution >= 0.6 is 0 Å². The van der Waals surface area contributed by atoms with E-state index in [2.05, 4.69) is 20.8 Å². The number of hydrogen-bond donors (Lipinski definition) is 0. The highest BCUT2D eigenvalue weighted by molar-refractivity contribution is 6.11. The van der Waals surface area contributed by atoms with Gasteiger partial charge in [-0.1, -0.05) is 20.8 Å². The first-order valence-electron chi connectivity index (χ1n) is 4.07. The highest BCUT2D eigenvalue weighted by atomic mass is 16.5. The molecule has 0 saturated carbocycles. The Morgan fingerprint density at radius 1 is 1.30 bits per heavy atom. The fraction of sp³-hybridized carbons (Fsp3) is 1.00. The number of hydrogen-bond acceptors (Lipinski definition) is 1. The van der Waals surface area contributed by atoms with Crippen molar-refractivity contribution in [1.82, 2.24) is 0 Å². The minimum atomic E-state index is -0.0278. The maximum atomic E-state index is 5.71. The average Bonchev–Trinajstić information content (AvgIpc) is 2.17. The van der Waals surface area contributed by atoms with E-state index in [9.17, 15) is 0 Å². The topological polar surface area (TPSA) is 9.23 Å². The molecule has 1 fully saturated rings. The van der Waals surface area contributed by atoms with Gasteiger partial charge in [-0.2, -0.15) is 0 Å². The summed E-state index contributed by atoms with van der Waals surface area (Å²) in [6.07, 6.45) is 1.48. The highest BCUT2D eigenvalue weighted by Gasteiger charge is 2.34. The molecule has 0 aromatic carbocycles. The summed E-state index contributed by atoms with van der Waals surface area (Å²) in [5.41, 5.74) is 0. The molecule has 1 saturated heterocycles. The van der Waals surface area contributed by atoms with Crippen molar-refractivity contribution >= 4 is 7.85 Å². The van der Waals surface area contributed by atoms with Crippen molar-refractivity contribution in [3.05, 3.63) is 0 Å². The molecule has 2 heteroatoms. The third-order valence-electron chi connectivity index (χ3n) is 2.67. The highest BCUT2D eigenvalue weighted by Crippen LogP contribution is 2.31. The van der Waals surface area contributed by atoms with Crippen LogP contribution in [0.5, 0.6) is 0 Å². The van der Waals surface area contributed by atoms with E-state index >= 15 is 0 Å². The summed E-state index contributed by atoms with van der Waals surface area (Å²) in [6, 6.07) is -0.0278. The van der Waals surface area contributed by atoms with Crippen molar-refractivity contribution < 1.29 is 4.74 Å². The monoisotopic (exact) mass is 138 g/mol. The second-order valence-corrected chi connectivity index (χ2v) is 3.27. The summed E-state index contributed by atoms with van der Waals surface area (Å²) in [5, 5.41) is 0. The van der Waals surface area contributed by atoms with Gasteiger partial charge in [-0.3, -0.25) is 0 Å². The summed E-state index contributed by atoms with van der Waals surface area (Å²) < 4.78 is 5.51. The Morgan fingerprint density at radius 3 is 2.10 bits per heavy atom. The number of ether oxygens (including phenoxy) is 1. The Labute approximate surface area is 64.6 Å². The SMILES string of the molecule is [B]C1OC(CC)[C@@H](C)[C@@H]1C. The van der Waals surface area contributed by atoms with E-state index in [1.807, 2.05) is 0 Å². The van der Waals surface area contributed by atoms with E-state index in [-0.39, 0.29) is 6.00 Å². The van der Waals surface area contributed by atoms with Gasteiger partial charge < -0.3 is 4.74 Å². The molecule has 0 aromatic rings. The van der Waals surface area contributed by atoms with Crippen molar-refractivity contribution in [2.75, 3.05) is 0 Å². The van der Waals surface area contributed by atoms with Gasteiger partial charge in [0.05, 0.1) is 6.10 Å². The van der Waals surface area contributed by atoms with Gasteiger partial charge in [0.15, 0.2) is 0 Å². The lowest BCUT2D eigenvalue weighted by atomic mass is 9.81. The molecule has 2 radical (unpaired) electrons. The van der Waals surface area contributed by atoms with Crippen LogP contribution in [0.25, 0.3) is 0 Å². The largest absolute Gasteiger partial charge is 0.384 e. The van der Waals surface area contributed by atoms with Crippen molar-refractivity contribution in [3.63, 3.8) is 0 Å². The molecule has 10 heavy (non-hydrogen) atoms. The van der Waals surface area contributed by atoms with Gasteiger partial charge in [0, 0.05) is 6.00 Å². The van der Waals surface area contributed by atoms with E-state index in [4.69, 9.17) is 12.6 Å². The molecule has 0 amide bonds. The zero-order valence-electron chi connectivity index (χ0n) is 7.00. The summed E-state index contributed by atoms with van der Waals surface area (Å²) in [7, 11) is 5.71. The minimum absolute atomic E-state index is 0.0278. The van der Waals surface area contributed by atoms with Crippen LogP contribution in [-0.4, -0.2) is 20.0 Å². The van der Waals surface area contributed by atoms with Crippen LogP contribution in [-0.2, 0) is 4.74 Å². The van der Waals surface area contributed by atoms with Crippen LogP contribution in [0.1, 0.15) is 27.2 Å². The van der Waals surface area contributed by atoms with E-state index < -0.39 is 0 Å². The molecule has 0 N–H and O–H groups in total. The van der Waals surface area contributed by atoms with Crippen molar-refractivity contribution in [3.8, 4) is 0 Å². The molecule has 56 valence electrons. The molecule has 0 aliphatic carbocycles. The van der Waals surface area contributed by atoms with Crippen molar-refractivity contribution in [1.29, 1.82) is 0 Å². The molecule has 4 atom stereocenters. The fourth-order valence-electron chi connectivity index (χ4n) is 1.56. The van der Waals surface area contributed by atoms with Gasteiger partial charge in [-0.25, -0.2) is 0 Å². The van der Waals surface area contributed by atoms with Crippen molar-refractivity contribution in [2.45, 2.75) is 39.3 Å². The quantitative estimate of drug-likeness (QED) is 0.499. The molecule has 0 bridgehead atoms. The average molecular weight is 138 g/mol. The van der Waals surface area contributed by atoms with Gasteiger partial charge in [0.25, 0.3) is 0 Å². The smallest absolute Gasteiger partial charge is 0.109 e. The third-order valence-corrected chi connectivity index (χ3v) is 2.67. The van der Waals surface area contributed by atoms with Gasteiger partial charge in [-0.05, 0) is 18.3 Å². The Balaban J connectivity index is 2.53. The Hall–Kier alpha value is 0.0249. The van der Waals surface area contributed by atoms with Crippen LogP contribution in [0.15, 0.2) is 0 Å². The van der Waals surface area contributed by atoms with Crippen LogP contribution in [0.4, 0.5) is 0 Å². The number of rotatable bonds is 1. The maximum absolute atomic E-state index is 5.71. The van der Waals surface area contributed by atoms with Crippen molar-refractivity contribution in [2.24, 2.45) is 11.8 Å². The van der Waals surface area contributed by atoms with Gasteiger partial charge >= 0.3 is 0 Å². The van der Waals surface area contributed by atoms with E-state index in [0.29, 0.717) is 17.9 Å². The molecule has 0 aromatic heterocycles. The molecule has 2 unspecified atom stereocenters. The molecule has 1 aliphatic rings. The van der Waals surface area contributed by atoms with Gasteiger partial charge in [0.2, 0.25) is 0 Å². The second kappa shape index (κ2) is 2.95. The first-order valence-corrected chi connectivity index (χ1v) is 4.07. The van der Waals surface area contributed by atoms with Gasteiger partial charge in [-0.15, -0.1) is 0 Å². The second-order valence-electron chi connectivity index (χ2n) is 3.27. The predicted molar refractivity (Wildman–Crippen MR) is 43.0 cm³/mol. The zero-order chi connectivity index (χ0) is 7.72. The predicted octanol–water partition coefficient (Wildman–Crippen LogP) is 1.56. The summed E-state index contributed by atoms with van der Waals surface area (Å²) in [6.45, 7) is 6.52. The standard InChI is InChI=1S/C8H15BO/c1-4-7-5(2)6(3)8(9)10-7/h5-8H,4H2,1-3H3/t5-,6-,7?,8?/m0/s1. The Morgan fingerprint density at radius 2 is 1.90 bits per heavy atom. The van der Waals surface area contributed by atoms with Gasteiger partial charge in [0.1, 0.15) is 7.85 Å². The molecular weight excluding hydrogens is 123 g/mol. The third kappa shape index (κ3) is 1.22. The summed E-state index contributed by atoms with van der Waals surface area (Å²) >= 11 is 0. The van der Waals surface area contributed by atoms with Crippen LogP contribution in [0, 0.1) is 11.8 Å². The lowest BCUT2D eigenvalue weighted by Gasteiger charge is -2.13. The Bertz CT molecular complexity index is 116. The first-order chi connectivity index (χ1) is 4.66. The van der Waals surface area contributed by atoms with E-state index in [0.717, 1.165) is 6.42 Å². The maximum Gasteiger partial charge on any atom is 0.109 e.